The number of hydrazine groups is 1. The van der Waals surface area contributed by atoms with Crippen molar-refractivity contribution in [1.82, 2.24) is 9.99 Å². The van der Waals surface area contributed by atoms with E-state index in [1.165, 1.54) is 38.5 Å². The molecule has 6 unspecified atom stereocenters. The molecule has 12 nitrogen and oxygen atoms in total. The predicted molar refractivity (Wildman–Crippen MR) is 227 cm³/mol. The molecule has 4 amide bonds. The van der Waals surface area contributed by atoms with Crippen LogP contribution in [0.2, 0.25) is 10.0 Å². The molecule has 64 heavy (non-hydrogen) atoms. The van der Waals surface area contributed by atoms with Crippen LogP contribution in [0.1, 0.15) is 51.4 Å². The maximum atomic E-state index is 15.6. The van der Waals surface area contributed by atoms with Crippen molar-refractivity contribution in [1.29, 1.82) is 0 Å². The summed E-state index contributed by atoms with van der Waals surface area (Å²) in [6.07, 6.45) is -2.58. The number of nitrogens with one attached hydrogen (secondary N) is 1. The van der Waals surface area contributed by atoms with Crippen LogP contribution in [0.5, 0.6) is 17.2 Å². The number of aromatic nitrogens is 1. The molecule has 2 saturated heterocycles. The number of phenols is 1. The van der Waals surface area contributed by atoms with Crippen molar-refractivity contribution in [2.24, 2.45) is 23.7 Å². The van der Waals surface area contributed by atoms with Gasteiger partial charge in [0, 0.05) is 46.0 Å². The van der Waals surface area contributed by atoms with Gasteiger partial charge in [0.1, 0.15) is 17.2 Å². The largest absolute Gasteiger partial charge is 0.508 e. The molecule has 1 saturated carbocycles. The highest BCUT2D eigenvalue weighted by Crippen LogP contribution is 2.66. The van der Waals surface area contributed by atoms with Gasteiger partial charge in [-0.25, -0.2) is 4.98 Å². The van der Waals surface area contributed by atoms with Crippen LogP contribution >= 0.6 is 23.2 Å². The summed E-state index contributed by atoms with van der Waals surface area (Å²) < 4.78 is 52.6. The zero-order valence-corrected chi connectivity index (χ0v) is 35.2. The van der Waals surface area contributed by atoms with Gasteiger partial charge in [0.05, 0.1) is 53.7 Å². The van der Waals surface area contributed by atoms with Crippen LogP contribution in [0.4, 0.5) is 24.7 Å². The highest BCUT2D eigenvalue weighted by Gasteiger charge is 2.71. The molecule has 17 heteroatoms. The van der Waals surface area contributed by atoms with Gasteiger partial charge < -0.3 is 14.6 Å². The number of carbonyl (C=O) groups excluding carboxylic acids is 5. The van der Waals surface area contributed by atoms with Crippen LogP contribution in [0.15, 0.2) is 115 Å². The number of benzene rings is 4. The summed E-state index contributed by atoms with van der Waals surface area (Å²) in [4.78, 5) is 78.1. The fourth-order valence-electron chi connectivity index (χ4n) is 10.1. The van der Waals surface area contributed by atoms with Crippen LogP contribution in [-0.2, 0) is 30.8 Å². The molecule has 0 spiro atoms. The van der Waals surface area contributed by atoms with Gasteiger partial charge in [0.25, 0.3) is 11.8 Å². The number of anilines is 2. The van der Waals surface area contributed by atoms with Crippen LogP contribution < -0.4 is 19.8 Å². The number of alkyl halides is 3. The van der Waals surface area contributed by atoms with Gasteiger partial charge >= 0.3 is 6.18 Å². The van der Waals surface area contributed by atoms with Gasteiger partial charge in [-0.2, -0.15) is 18.2 Å². The van der Waals surface area contributed by atoms with Gasteiger partial charge in [-0.15, -0.1) is 0 Å². The zero-order chi connectivity index (χ0) is 45.4. The van der Waals surface area contributed by atoms with Gasteiger partial charge in [-0.3, -0.25) is 34.3 Å². The summed E-state index contributed by atoms with van der Waals surface area (Å²) in [5.41, 5.74) is 1.63. The highest BCUT2D eigenvalue weighted by molar-refractivity contribution is 6.33. The average Bonchev–Trinajstić information content (AvgIpc) is 3.67. The number of methoxy groups -OCH3 is 2. The lowest BCUT2D eigenvalue weighted by Gasteiger charge is -2.51. The number of hydrogen-bond donors (Lipinski definition) is 2. The molecule has 6 atom stereocenters. The molecule has 2 aliphatic carbocycles. The first-order chi connectivity index (χ1) is 30.6. The number of aromatic hydroxyl groups is 1. The summed E-state index contributed by atoms with van der Waals surface area (Å²) in [6, 6.07) is 24.3. The molecule has 326 valence electrons. The number of carbonyl (C=O) groups is 5. The van der Waals surface area contributed by atoms with E-state index >= 15 is 9.59 Å². The maximum absolute atomic E-state index is 15.6. The van der Waals surface area contributed by atoms with Gasteiger partial charge in [-0.05, 0) is 66.8 Å². The standard InChI is InChI=1S/C47H35Cl2F3N4O8/c1-63-35-19-29(57)20-36(64-2)38(35)39-30-16-17-31-37(44(61)55(42(31)59)28-14-8-24(9-15-28)40(58)23-6-4-3-5-7-23)32(30)21-33-43(60)56(45(62)46(33,39)25-10-12-27(48)13-11-25)54-41-34(49)18-26(22-53-41)47(50,51)52/h3-16,18-20,22,31-33,37,39,57H,17,21H2,1-2H3,(H,53,54). The monoisotopic (exact) mass is 910 g/mol. The topological polar surface area (TPSA) is 155 Å². The lowest BCUT2D eigenvalue weighted by molar-refractivity contribution is -0.139. The number of ketones is 1. The molecule has 3 heterocycles. The predicted octanol–water partition coefficient (Wildman–Crippen LogP) is 8.55. The molecular formula is C47H35Cl2F3N4O8. The molecule has 1 aromatic heterocycles. The fraction of sp³-hybridized carbons (Fsp3) is 0.234. The Morgan fingerprint density at radius 3 is 2.09 bits per heavy atom. The summed E-state index contributed by atoms with van der Waals surface area (Å²) in [6.45, 7) is 0. The lowest BCUT2D eigenvalue weighted by atomic mass is 9.49. The van der Waals surface area contributed by atoms with Crippen molar-refractivity contribution >= 4 is 64.1 Å². The van der Waals surface area contributed by atoms with Crippen LogP contribution in [-0.4, -0.2) is 58.7 Å². The van der Waals surface area contributed by atoms with E-state index < -0.39 is 81.2 Å². The second kappa shape index (κ2) is 15.8. The van der Waals surface area contributed by atoms with E-state index in [1.54, 1.807) is 72.8 Å². The zero-order valence-electron chi connectivity index (χ0n) is 33.7. The Bertz CT molecular complexity index is 2780. The average molecular weight is 912 g/mol. The van der Waals surface area contributed by atoms with Crippen molar-refractivity contribution < 1.29 is 51.7 Å². The lowest BCUT2D eigenvalue weighted by Crippen LogP contribution is -2.53. The highest BCUT2D eigenvalue weighted by atomic mass is 35.5. The summed E-state index contributed by atoms with van der Waals surface area (Å²) in [7, 11) is 2.69. The molecule has 9 rings (SSSR count). The second-order valence-electron chi connectivity index (χ2n) is 15.9. The molecule has 2 N–H and O–H groups in total. The minimum atomic E-state index is -4.79. The molecule has 0 radical (unpaired) electrons. The van der Waals surface area contributed by atoms with Crippen molar-refractivity contribution in [3.63, 3.8) is 0 Å². The van der Waals surface area contributed by atoms with E-state index in [9.17, 15) is 32.7 Å². The molecule has 5 aromatic rings. The minimum Gasteiger partial charge on any atom is -0.508 e. The maximum Gasteiger partial charge on any atom is 0.417 e. The fourth-order valence-corrected chi connectivity index (χ4v) is 10.4. The SMILES string of the molecule is COc1cc(O)cc(OC)c1C1C2=CCC3C(=O)N(c4ccc(C(=O)c5ccccc5)cc4)C(=O)C3C2CC2C(=O)N(Nc3ncc(C(F)(F)F)cc3Cl)C(=O)C21c1ccc(Cl)cc1. The number of allylic oxidation sites excluding steroid dienone is 2. The molecule has 4 aromatic carbocycles. The number of phenolic OH excluding ortho intramolecular Hbond substituents is 1. The third kappa shape index (κ3) is 6.59. The third-order valence-corrected chi connectivity index (χ3v) is 13.3. The smallest absolute Gasteiger partial charge is 0.417 e. The van der Waals surface area contributed by atoms with Gasteiger partial charge in [0.15, 0.2) is 11.6 Å². The summed E-state index contributed by atoms with van der Waals surface area (Å²) in [5, 5.41) is 11.3. The van der Waals surface area contributed by atoms with E-state index in [0.29, 0.717) is 44.6 Å². The molecule has 4 aliphatic rings. The van der Waals surface area contributed by atoms with Crippen molar-refractivity contribution in [2.45, 2.75) is 30.4 Å². The normalized spacial score (nSPS) is 23.9. The van der Waals surface area contributed by atoms with E-state index in [2.05, 4.69) is 10.4 Å². The van der Waals surface area contributed by atoms with Gasteiger partial charge in [0.2, 0.25) is 11.8 Å². The van der Waals surface area contributed by atoms with Crippen LogP contribution in [0.3, 0.4) is 0 Å². The second-order valence-corrected chi connectivity index (χ2v) is 16.8. The minimum absolute atomic E-state index is 0.0535. The first-order valence-corrected chi connectivity index (χ1v) is 20.7. The number of pyridine rings is 1. The number of fused-ring (bicyclic) bond motifs is 4. The Morgan fingerprint density at radius 2 is 1.48 bits per heavy atom. The third-order valence-electron chi connectivity index (χ3n) is 12.8. The van der Waals surface area contributed by atoms with Crippen molar-refractivity contribution in [3.8, 4) is 17.2 Å². The molecule has 2 aliphatic heterocycles. The number of hydrogen-bond acceptors (Lipinski definition) is 10. The Labute approximate surface area is 373 Å². The Kier molecular flexibility index (Phi) is 10.5. The Balaban J connectivity index is 1.19. The number of ether oxygens (including phenoxy) is 2. The summed E-state index contributed by atoms with van der Waals surface area (Å²) >= 11 is 12.7. The van der Waals surface area contributed by atoms with Crippen molar-refractivity contribution in [3.05, 3.63) is 153 Å². The van der Waals surface area contributed by atoms with E-state index in [1.807, 2.05) is 0 Å². The van der Waals surface area contributed by atoms with E-state index in [-0.39, 0.29) is 47.1 Å². The number of amides is 4. The Hall–Kier alpha value is -6.71. The van der Waals surface area contributed by atoms with Gasteiger partial charge in [-0.1, -0.05) is 77.3 Å². The number of rotatable bonds is 9. The molecule has 3 fully saturated rings. The van der Waals surface area contributed by atoms with E-state index in [0.717, 1.165) is 4.90 Å². The Morgan fingerprint density at radius 1 is 0.844 bits per heavy atom. The quantitative estimate of drug-likeness (QED) is 0.0835. The van der Waals surface area contributed by atoms with E-state index in [4.69, 9.17) is 32.7 Å². The number of imide groups is 2. The molecular weight excluding hydrogens is 876 g/mol. The summed E-state index contributed by atoms with van der Waals surface area (Å²) in [5.74, 6) is -8.80. The van der Waals surface area contributed by atoms with Crippen LogP contribution in [0, 0.1) is 23.7 Å². The number of halogens is 5. The molecule has 0 bridgehead atoms. The first-order valence-electron chi connectivity index (χ1n) is 20.0. The van der Waals surface area contributed by atoms with Crippen LogP contribution in [0.25, 0.3) is 0 Å². The van der Waals surface area contributed by atoms with Crippen molar-refractivity contribution in [2.75, 3.05) is 24.5 Å². The first kappa shape index (κ1) is 42.6. The number of nitrogens with zero attached hydrogens (tertiary/aromatic N) is 3.